The predicted octanol–water partition coefficient (Wildman–Crippen LogP) is 4.67. The Kier molecular flexibility index (Phi) is 8.43. The summed E-state index contributed by atoms with van der Waals surface area (Å²) in [4.78, 5) is 28.3. The number of amides is 1. The Hall–Kier alpha value is -2.94. The van der Waals surface area contributed by atoms with Gasteiger partial charge in [0.1, 0.15) is 16.6 Å². The number of nitrogens with one attached hydrogen (secondary N) is 1. The molecule has 0 bridgehead atoms. The molecule has 1 aliphatic rings. The molecular formula is C24H24ClFN2O4S. The molecule has 0 saturated carbocycles. The van der Waals surface area contributed by atoms with Gasteiger partial charge >= 0.3 is 5.97 Å². The molecule has 0 fully saturated rings. The molecule has 174 valence electrons. The van der Waals surface area contributed by atoms with E-state index in [1.54, 1.807) is 0 Å². The van der Waals surface area contributed by atoms with Crippen LogP contribution in [0.25, 0.3) is 0 Å². The van der Waals surface area contributed by atoms with Gasteiger partial charge in [0.15, 0.2) is 6.61 Å². The molecule has 3 aromatic rings. The number of esters is 1. The fourth-order valence-electron chi connectivity index (χ4n) is 3.68. The van der Waals surface area contributed by atoms with Crippen LogP contribution in [0.4, 0.5) is 9.39 Å². The molecule has 2 aromatic carbocycles. The molecule has 0 atom stereocenters. The van der Waals surface area contributed by atoms with Crippen molar-refractivity contribution < 1.29 is 23.5 Å². The minimum Gasteiger partial charge on any atom is -0.484 e. The zero-order valence-electron chi connectivity index (χ0n) is 18.0. The molecule has 0 unspecified atom stereocenters. The topological polar surface area (TPSA) is 67.9 Å². The van der Waals surface area contributed by atoms with Crippen LogP contribution in [0.5, 0.6) is 5.75 Å². The molecular weight excluding hydrogens is 467 g/mol. The number of fused-ring (bicyclic) bond motifs is 1. The van der Waals surface area contributed by atoms with E-state index < -0.39 is 11.9 Å². The number of halogens is 2. The quantitative estimate of drug-likeness (QED) is 0.487. The van der Waals surface area contributed by atoms with Gasteiger partial charge in [0, 0.05) is 24.5 Å². The summed E-state index contributed by atoms with van der Waals surface area (Å²) in [6.45, 7) is 2.07. The summed E-state index contributed by atoms with van der Waals surface area (Å²) in [5.74, 6) is -0.861. The van der Waals surface area contributed by atoms with Gasteiger partial charge in [-0.3, -0.25) is 9.69 Å². The van der Waals surface area contributed by atoms with E-state index >= 15 is 0 Å². The normalized spacial score (nSPS) is 12.9. The number of benzene rings is 2. The number of ether oxygens (including phenoxy) is 2. The second-order valence-electron chi connectivity index (χ2n) is 7.44. The molecule has 1 aliphatic heterocycles. The number of hydrogen-bond donors (Lipinski definition) is 1. The maximum Gasteiger partial charge on any atom is 0.341 e. The Morgan fingerprint density at radius 2 is 1.85 bits per heavy atom. The van der Waals surface area contributed by atoms with E-state index in [0.29, 0.717) is 29.3 Å². The van der Waals surface area contributed by atoms with Crippen molar-refractivity contribution in [2.45, 2.75) is 19.5 Å². The first-order valence-electron chi connectivity index (χ1n) is 10.2. The van der Waals surface area contributed by atoms with Gasteiger partial charge in [-0.05, 0) is 41.8 Å². The minimum atomic E-state index is -0.464. The average molecular weight is 491 g/mol. The van der Waals surface area contributed by atoms with Crippen molar-refractivity contribution in [3.05, 3.63) is 82.0 Å². The summed E-state index contributed by atoms with van der Waals surface area (Å²) >= 11 is 1.39. The van der Waals surface area contributed by atoms with Crippen molar-refractivity contribution in [1.29, 1.82) is 0 Å². The zero-order valence-corrected chi connectivity index (χ0v) is 19.6. The van der Waals surface area contributed by atoms with E-state index in [1.165, 1.54) is 48.3 Å². The van der Waals surface area contributed by atoms with Crippen molar-refractivity contribution >= 4 is 40.6 Å². The van der Waals surface area contributed by atoms with Crippen LogP contribution >= 0.6 is 23.7 Å². The van der Waals surface area contributed by atoms with Crippen molar-refractivity contribution in [2.24, 2.45) is 0 Å². The molecule has 0 aliphatic carbocycles. The Morgan fingerprint density at radius 1 is 1.12 bits per heavy atom. The fourth-order valence-corrected chi connectivity index (χ4v) is 4.98. The van der Waals surface area contributed by atoms with Crippen LogP contribution in [0.15, 0.2) is 54.6 Å². The molecule has 0 saturated heterocycles. The number of anilines is 1. The number of hydrogen-bond acceptors (Lipinski definition) is 6. The van der Waals surface area contributed by atoms with Gasteiger partial charge in [0.2, 0.25) is 0 Å². The molecule has 6 nitrogen and oxygen atoms in total. The molecule has 9 heteroatoms. The largest absolute Gasteiger partial charge is 0.484 e. The third kappa shape index (κ3) is 6.10. The van der Waals surface area contributed by atoms with E-state index in [0.717, 1.165) is 23.5 Å². The van der Waals surface area contributed by atoms with Gasteiger partial charge in [0.05, 0.1) is 12.7 Å². The summed E-state index contributed by atoms with van der Waals surface area (Å²) in [5, 5.41) is 3.26. The lowest BCUT2D eigenvalue weighted by Gasteiger charge is -2.27. The van der Waals surface area contributed by atoms with Crippen LogP contribution in [0.1, 0.15) is 26.4 Å². The average Bonchev–Trinajstić information content (AvgIpc) is 3.15. The van der Waals surface area contributed by atoms with Crippen LogP contribution < -0.4 is 10.1 Å². The van der Waals surface area contributed by atoms with Gasteiger partial charge < -0.3 is 14.8 Å². The number of carbonyl (C=O) groups excluding carboxylic acids is 2. The van der Waals surface area contributed by atoms with Crippen LogP contribution in [0.2, 0.25) is 0 Å². The van der Waals surface area contributed by atoms with Gasteiger partial charge in [-0.2, -0.15) is 0 Å². The Morgan fingerprint density at radius 3 is 2.55 bits per heavy atom. The van der Waals surface area contributed by atoms with Crippen LogP contribution in [-0.2, 0) is 29.0 Å². The summed E-state index contributed by atoms with van der Waals surface area (Å²) in [7, 11) is 1.33. The highest BCUT2D eigenvalue weighted by molar-refractivity contribution is 7.17. The molecule has 1 N–H and O–H groups in total. The molecule has 0 radical (unpaired) electrons. The number of thiophene rings is 1. The number of nitrogens with zero attached hydrogens (tertiary/aromatic N) is 1. The van der Waals surface area contributed by atoms with Crippen molar-refractivity contribution in [3.63, 3.8) is 0 Å². The SMILES string of the molecule is COC(=O)c1c(NC(=O)COc2ccc(F)cc2)sc2c1CCN(Cc1ccccc1)C2.Cl. The van der Waals surface area contributed by atoms with Crippen LogP contribution in [0, 0.1) is 5.82 Å². The van der Waals surface area contributed by atoms with Gasteiger partial charge in [-0.25, -0.2) is 9.18 Å². The second-order valence-corrected chi connectivity index (χ2v) is 8.54. The Balaban J connectivity index is 0.00000306. The highest BCUT2D eigenvalue weighted by Crippen LogP contribution is 2.38. The summed E-state index contributed by atoms with van der Waals surface area (Å²) in [6.07, 6.45) is 0.699. The monoisotopic (exact) mass is 490 g/mol. The smallest absolute Gasteiger partial charge is 0.341 e. The van der Waals surface area contributed by atoms with Crippen molar-refractivity contribution in [1.82, 2.24) is 4.90 Å². The first kappa shape index (κ1) is 24.7. The Labute approximate surface area is 201 Å². The molecule has 2 heterocycles. The van der Waals surface area contributed by atoms with E-state index in [2.05, 4.69) is 22.3 Å². The molecule has 33 heavy (non-hydrogen) atoms. The van der Waals surface area contributed by atoms with Gasteiger partial charge in [-0.1, -0.05) is 30.3 Å². The number of methoxy groups -OCH3 is 1. The van der Waals surface area contributed by atoms with Crippen LogP contribution in [0.3, 0.4) is 0 Å². The summed E-state index contributed by atoms with van der Waals surface area (Å²) < 4.78 is 23.4. The highest BCUT2D eigenvalue weighted by atomic mass is 35.5. The van der Waals surface area contributed by atoms with E-state index in [1.807, 2.05) is 18.2 Å². The third-order valence-corrected chi connectivity index (χ3v) is 6.34. The second kappa shape index (κ2) is 11.3. The summed E-state index contributed by atoms with van der Waals surface area (Å²) in [6, 6.07) is 15.6. The van der Waals surface area contributed by atoms with Gasteiger partial charge in [0.25, 0.3) is 5.91 Å². The lowest BCUT2D eigenvalue weighted by Crippen LogP contribution is -2.29. The first-order valence-corrected chi connectivity index (χ1v) is 11.0. The van der Waals surface area contributed by atoms with E-state index in [9.17, 15) is 14.0 Å². The standard InChI is InChI=1S/C24H23FN2O4S.ClH/c1-30-24(29)22-19-11-12-27(13-16-5-3-2-4-6-16)14-20(19)32-23(22)26-21(28)15-31-18-9-7-17(25)8-10-18;/h2-10H,11-15H2,1H3,(H,26,28);1H. The predicted molar refractivity (Wildman–Crippen MR) is 128 cm³/mol. The van der Waals surface area contributed by atoms with Crippen molar-refractivity contribution in [3.8, 4) is 5.75 Å². The lowest BCUT2D eigenvalue weighted by atomic mass is 10.0. The van der Waals surface area contributed by atoms with Crippen LogP contribution in [-0.4, -0.2) is 37.0 Å². The maximum atomic E-state index is 13.0. The molecule has 1 amide bonds. The van der Waals surface area contributed by atoms with Crippen molar-refractivity contribution in [2.75, 3.05) is 25.6 Å². The summed E-state index contributed by atoms with van der Waals surface area (Å²) in [5.41, 5.74) is 2.58. The highest BCUT2D eigenvalue weighted by Gasteiger charge is 2.29. The third-order valence-electron chi connectivity index (χ3n) is 5.21. The molecule has 1 aromatic heterocycles. The lowest BCUT2D eigenvalue weighted by molar-refractivity contribution is -0.118. The minimum absolute atomic E-state index is 0. The van der Waals surface area contributed by atoms with E-state index in [4.69, 9.17) is 9.47 Å². The molecule has 0 spiro atoms. The first-order chi connectivity index (χ1) is 15.5. The zero-order chi connectivity index (χ0) is 22.5. The van der Waals surface area contributed by atoms with E-state index in [-0.39, 0.29) is 24.8 Å². The van der Waals surface area contributed by atoms with Gasteiger partial charge in [-0.15, -0.1) is 23.7 Å². The number of rotatable bonds is 7. The number of carbonyl (C=O) groups is 2. The maximum absolute atomic E-state index is 13.0. The fraction of sp³-hybridized carbons (Fsp3) is 0.250. The molecule has 4 rings (SSSR count). The Bertz CT molecular complexity index is 1110.